The number of anilines is 1. The van der Waals surface area contributed by atoms with E-state index < -0.39 is 0 Å². The minimum atomic E-state index is -0.369. The molecule has 3 aromatic rings. The lowest BCUT2D eigenvalue weighted by molar-refractivity contribution is -0.389. The van der Waals surface area contributed by atoms with Gasteiger partial charge in [0.1, 0.15) is 6.20 Å². The van der Waals surface area contributed by atoms with Gasteiger partial charge in [-0.05, 0) is 41.2 Å². The molecule has 0 amide bonds. The first kappa shape index (κ1) is 12.8. The van der Waals surface area contributed by atoms with Gasteiger partial charge in [0.2, 0.25) is 5.82 Å². The van der Waals surface area contributed by atoms with Crippen LogP contribution < -0.4 is 5.32 Å². The highest BCUT2D eigenvalue weighted by Crippen LogP contribution is 2.37. The van der Waals surface area contributed by atoms with E-state index in [2.05, 4.69) is 21.7 Å². The summed E-state index contributed by atoms with van der Waals surface area (Å²) in [5.74, 6) is 0.393. The van der Waals surface area contributed by atoms with Crippen molar-refractivity contribution in [3.8, 4) is 0 Å². The summed E-state index contributed by atoms with van der Waals surface area (Å²) in [7, 11) is 0. The molecule has 0 spiro atoms. The van der Waals surface area contributed by atoms with Crippen molar-refractivity contribution in [3.63, 3.8) is 0 Å². The van der Waals surface area contributed by atoms with E-state index in [1.165, 1.54) is 26.2 Å². The molecule has 4 rings (SSSR count). The van der Waals surface area contributed by atoms with Gasteiger partial charge in [0.15, 0.2) is 0 Å². The topological polar surface area (TPSA) is 72.5 Å². The van der Waals surface area contributed by atoms with Crippen LogP contribution in [0.1, 0.15) is 29.3 Å². The van der Waals surface area contributed by atoms with Crippen LogP contribution in [0.4, 0.5) is 11.6 Å². The fourth-order valence-electron chi connectivity index (χ4n) is 2.85. The summed E-state index contributed by atoms with van der Waals surface area (Å²) in [6.45, 7) is 0. The molecule has 6 nitrogen and oxygen atoms in total. The molecule has 0 bridgehead atoms. The summed E-state index contributed by atoms with van der Waals surface area (Å²) in [6.07, 6.45) is 4.87. The van der Waals surface area contributed by atoms with Crippen LogP contribution in [0.2, 0.25) is 0 Å². The van der Waals surface area contributed by atoms with Crippen LogP contribution in [0.15, 0.2) is 23.0 Å². The molecule has 8 heteroatoms. The molecule has 3 heterocycles. The molecule has 1 aliphatic carbocycles. The quantitative estimate of drug-likeness (QED) is 0.587. The Kier molecular flexibility index (Phi) is 2.93. The fourth-order valence-corrected chi connectivity index (χ4v) is 4.54. The third-order valence-corrected chi connectivity index (χ3v) is 5.53. The number of fused-ring (bicyclic) bond motifs is 2. The van der Waals surface area contributed by atoms with E-state index in [1.807, 2.05) is 0 Å². The minimum absolute atomic E-state index is 0.0219. The number of nitrogens with zero attached hydrogens (tertiary/aromatic N) is 3. The van der Waals surface area contributed by atoms with E-state index in [1.54, 1.807) is 22.9 Å². The number of thiophene rings is 1. The lowest BCUT2D eigenvalue weighted by Gasteiger charge is -2.23. The molecule has 3 aromatic heterocycles. The average Bonchev–Trinajstić information content (AvgIpc) is 3.11. The van der Waals surface area contributed by atoms with Crippen molar-refractivity contribution >= 4 is 39.3 Å². The zero-order chi connectivity index (χ0) is 14.4. The number of nitro groups is 1. The molecule has 0 fully saturated rings. The molecule has 0 saturated heterocycles. The Morgan fingerprint density at radius 1 is 1.43 bits per heavy atom. The van der Waals surface area contributed by atoms with Crippen molar-refractivity contribution < 1.29 is 4.92 Å². The molecule has 0 aliphatic heterocycles. The van der Waals surface area contributed by atoms with Crippen molar-refractivity contribution in [2.24, 2.45) is 0 Å². The Morgan fingerprint density at radius 2 is 2.33 bits per heavy atom. The first-order chi connectivity index (χ1) is 10.2. The lowest BCUT2D eigenvalue weighted by atomic mass is 9.94. The maximum atomic E-state index is 11.3. The minimum Gasteiger partial charge on any atom is -0.358 e. The molecule has 21 heavy (non-hydrogen) atoms. The van der Waals surface area contributed by atoms with Gasteiger partial charge >= 0.3 is 5.82 Å². The maximum Gasteiger partial charge on any atom is 0.372 e. The first-order valence-electron chi connectivity index (χ1n) is 6.67. The summed E-state index contributed by atoms with van der Waals surface area (Å²) in [6, 6.07) is 2.23. The standard InChI is InChI=1S/C13H12N4O2S2/c18-17(19)12-11(15-13-16(12)5-7-21-13)14-9-2-1-3-10-8(9)4-6-20-10/h4-7,9,14H,1-3H2. The van der Waals surface area contributed by atoms with Crippen LogP contribution in [0.5, 0.6) is 0 Å². The normalized spacial score (nSPS) is 17.8. The molecule has 1 aliphatic rings. The molecule has 0 saturated carbocycles. The predicted octanol–water partition coefficient (Wildman–Crippen LogP) is 3.86. The zero-order valence-electron chi connectivity index (χ0n) is 11.0. The van der Waals surface area contributed by atoms with E-state index in [0.29, 0.717) is 10.8 Å². The van der Waals surface area contributed by atoms with Gasteiger partial charge in [-0.15, -0.1) is 11.3 Å². The Bertz CT molecular complexity index is 819. The zero-order valence-corrected chi connectivity index (χ0v) is 12.6. The monoisotopic (exact) mass is 320 g/mol. The molecule has 0 aromatic carbocycles. The van der Waals surface area contributed by atoms with Gasteiger partial charge in [0.05, 0.1) is 6.04 Å². The second kappa shape index (κ2) is 4.81. The summed E-state index contributed by atoms with van der Waals surface area (Å²) in [5.41, 5.74) is 1.26. The van der Waals surface area contributed by atoms with Gasteiger partial charge in [0.25, 0.3) is 4.96 Å². The Hall–Kier alpha value is -1.93. The maximum absolute atomic E-state index is 11.3. The van der Waals surface area contributed by atoms with Gasteiger partial charge in [-0.3, -0.25) is 0 Å². The highest BCUT2D eigenvalue weighted by atomic mass is 32.1. The highest BCUT2D eigenvalue weighted by molar-refractivity contribution is 7.15. The summed E-state index contributed by atoms with van der Waals surface area (Å²) in [4.78, 5) is 17.4. The summed E-state index contributed by atoms with van der Waals surface area (Å²) >= 11 is 3.16. The molecular formula is C13H12N4O2S2. The van der Waals surface area contributed by atoms with Crippen LogP contribution in [-0.4, -0.2) is 14.3 Å². The molecule has 1 atom stereocenters. The number of rotatable bonds is 3. The van der Waals surface area contributed by atoms with Crippen molar-refractivity contribution in [2.75, 3.05) is 5.32 Å². The third-order valence-electron chi connectivity index (χ3n) is 3.77. The largest absolute Gasteiger partial charge is 0.372 e. The SMILES string of the molecule is O=[N+]([O-])c1c(NC2CCCc3sccc32)nc2sccn12. The summed E-state index contributed by atoms with van der Waals surface area (Å²) < 4.78 is 1.53. The van der Waals surface area contributed by atoms with E-state index in [0.717, 1.165) is 19.3 Å². The van der Waals surface area contributed by atoms with Crippen molar-refractivity contribution in [1.82, 2.24) is 9.38 Å². The molecular weight excluding hydrogens is 308 g/mol. The molecule has 1 unspecified atom stereocenters. The van der Waals surface area contributed by atoms with Crippen LogP contribution in [-0.2, 0) is 6.42 Å². The Morgan fingerprint density at radius 3 is 3.19 bits per heavy atom. The number of nitrogens with one attached hydrogen (secondary N) is 1. The lowest BCUT2D eigenvalue weighted by Crippen LogP contribution is -2.16. The Balaban J connectivity index is 1.74. The number of imidazole rings is 1. The van der Waals surface area contributed by atoms with Gasteiger partial charge in [-0.25, -0.2) is 0 Å². The van der Waals surface area contributed by atoms with Crippen LogP contribution >= 0.6 is 22.7 Å². The number of thiazole rings is 1. The van der Waals surface area contributed by atoms with Crippen molar-refractivity contribution in [2.45, 2.75) is 25.3 Å². The van der Waals surface area contributed by atoms with Gasteiger partial charge in [-0.2, -0.15) is 9.38 Å². The summed E-state index contributed by atoms with van der Waals surface area (Å²) in [5, 5.41) is 18.5. The van der Waals surface area contributed by atoms with Crippen molar-refractivity contribution in [3.05, 3.63) is 43.6 Å². The van der Waals surface area contributed by atoms with E-state index in [9.17, 15) is 10.1 Å². The van der Waals surface area contributed by atoms with Crippen LogP contribution in [0, 0.1) is 10.1 Å². The van der Waals surface area contributed by atoms with Crippen molar-refractivity contribution in [1.29, 1.82) is 0 Å². The molecule has 108 valence electrons. The highest BCUT2D eigenvalue weighted by Gasteiger charge is 2.28. The third kappa shape index (κ3) is 2.02. The van der Waals surface area contributed by atoms with Crippen LogP contribution in [0.3, 0.4) is 0 Å². The number of hydrogen-bond acceptors (Lipinski definition) is 6. The molecule has 0 radical (unpaired) electrons. The second-order valence-electron chi connectivity index (χ2n) is 4.98. The average molecular weight is 320 g/mol. The van der Waals surface area contributed by atoms with Gasteiger partial charge in [0, 0.05) is 10.3 Å². The van der Waals surface area contributed by atoms with Crippen LogP contribution in [0.25, 0.3) is 4.96 Å². The Labute approximate surface area is 128 Å². The van der Waals surface area contributed by atoms with E-state index in [4.69, 9.17) is 0 Å². The van der Waals surface area contributed by atoms with Gasteiger partial charge in [-0.1, -0.05) is 11.3 Å². The predicted molar refractivity (Wildman–Crippen MR) is 83.3 cm³/mol. The first-order valence-corrected chi connectivity index (χ1v) is 8.42. The molecule has 1 N–H and O–H groups in total. The number of aromatic nitrogens is 2. The van der Waals surface area contributed by atoms with E-state index in [-0.39, 0.29) is 16.8 Å². The fraction of sp³-hybridized carbons (Fsp3) is 0.308. The number of aryl methyl sites for hydroxylation is 1. The second-order valence-corrected chi connectivity index (χ2v) is 6.86. The smallest absolute Gasteiger partial charge is 0.358 e. The van der Waals surface area contributed by atoms with E-state index >= 15 is 0 Å². The number of hydrogen-bond donors (Lipinski definition) is 1. The van der Waals surface area contributed by atoms with Gasteiger partial charge < -0.3 is 15.4 Å².